The fraction of sp³-hybridized carbons (Fsp3) is 0.500. The summed E-state index contributed by atoms with van der Waals surface area (Å²) >= 11 is 0. The third kappa shape index (κ3) is 3.88. The Hall–Kier alpha value is -1.63. The van der Waals surface area contributed by atoms with Gasteiger partial charge in [0.15, 0.2) is 0 Å². The number of hydrogen-bond donors (Lipinski definition) is 1. The SMILES string of the molecule is CNCC(=Cc1ccc(C(=O)OC)cc1)B1OC(C)(C)C(C)(C)O1. The molecule has 0 bridgehead atoms. The summed E-state index contributed by atoms with van der Waals surface area (Å²) in [6.07, 6.45) is 2.03. The van der Waals surface area contributed by atoms with Crippen LogP contribution in [0.2, 0.25) is 0 Å². The van der Waals surface area contributed by atoms with Crippen molar-refractivity contribution in [3.63, 3.8) is 0 Å². The number of likely N-dealkylation sites (N-methyl/N-ethyl adjacent to an activating group) is 1. The molecule has 0 aliphatic carbocycles. The second kappa shape index (κ2) is 7.09. The highest BCUT2D eigenvalue weighted by Crippen LogP contribution is 2.38. The quantitative estimate of drug-likeness (QED) is 0.664. The summed E-state index contributed by atoms with van der Waals surface area (Å²) in [7, 11) is 2.86. The molecular formula is C18H26BNO4. The Morgan fingerprint density at radius 3 is 2.17 bits per heavy atom. The summed E-state index contributed by atoms with van der Waals surface area (Å²) in [5.74, 6) is -0.341. The third-order valence-corrected chi connectivity index (χ3v) is 4.62. The second-order valence-corrected chi connectivity index (χ2v) is 6.95. The van der Waals surface area contributed by atoms with Crippen LogP contribution in [0.1, 0.15) is 43.6 Å². The average molecular weight is 331 g/mol. The zero-order valence-corrected chi connectivity index (χ0v) is 15.3. The van der Waals surface area contributed by atoms with E-state index < -0.39 is 7.12 Å². The number of ether oxygens (including phenoxy) is 1. The number of rotatable bonds is 5. The van der Waals surface area contributed by atoms with Crippen molar-refractivity contribution in [2.75, 3.05) is 20.7 Å². The Bertz CT molecular complexity index is 606. The van der Waals surface area contributed by atoms with Crippen molar-refractivity contribution in [2.24, 2.45) is 0 Å². The van der Waals surface area contributed by atoms with Gasteiger partial charge in [-0.15, -0.1) is 0 Å². The minimum absolute atomic E-state index is 0.341. The number of nitrogens with one attached hydrogen (secondary N) is 1. The summed E-state index contributed by atoms with van der Waals surface area (Å²) in [4.78, 5) is 11.5. The van der Waals surface area contributed by atoms with Crippen LogP contribution in [0, 0.1) is 0 Å². The van der Waals surface area contributed by atoms with Crippen LogP contribution >= 0.6 is 0 Å². The van der Waals surface area contributed by atoms with E-state index in [1.165, 1.54) is 7.11 Å². The largest absolute Gasteiger partial charge is 0.491 e. The lowest BCUT2D eigenvalue weighted by Gasteiger charge is -2.32. The molecule has 2 rings (SSSR count). The van der Waals surface area contributed by atoms with Crippen LogP contribution in [0.4, 0.5) is 0 Å². The highest BCUT2D eigenvalue weighted by atomic mass is 16.7. The van der Waals surface area contributed by atoms with E-state index in [0.717, 1.165) is 11.0 Å². The van der Waals surface area contributed by atoms with Crippen molar-refractivity contribution in [1.29, 1.82) is 0 Å². The molecule has 24 heavy (non-hydrogen) atoms. The monoisotopic (exact) mass is 331 g/mol. The van der Waals surface area contributed by atoms with Gasteiger partial charge in [-0.3, -0.25) is 0 Å². The van der Waals surface area contributed by atoms with E-state index >= 15 is 0 Å². The first kappa shape index (κ1) is 18.7. The number of esters is 1. The van der Waals surface area contributed by atoms with Crippen LogP contribution in [-0.2, 0) is 14.0 Å². The molecule has 0 saturated carbocycles. The number of carbonyl (C=O) groups excluding carboxylic acids is 1. The molecule has 1 aliphatic rings. The molecule has 130 valence electrons. The van der Waals surface area contributed by atoms with Gasteiger partial charge in [-0.25, -0.2) is 4.79 Å². The molecule has 6 heteroatoms. The molecule has 0 spiro atoms. The van der Waals surface area contributed by atoms with E-state index in [4.69, 9.17) is 14.0 Å². The van der Waals surface area contributed by atoms with Gasteiger partial charge in [-0.2, -0.15) is 0 Å². The third-order valence-electron chi connectivity index (χ3n) is 4.62. The lowest BCUT2D eigenvalue weighted by molar-refractivity contribution is 0.00578. The van der Waals surface area contributed by atoms with Crippen molar-refractivity contribution in [3.8, 4) is 0 Å². The van der Waals surface area contributed by atoms with Gasteiger partial charge in [-0.05, 0) is 57.9 Å². The molecule has 1 saturated heterocycles. The fourth-order valence-electron chi connectivity index (χ4n) is 2.45. The van der Waals surface area contributed by atoms with Gasteiger partial charge in [0, 0.05) is 6.54 Å². The first-order valence-corrected chi connectivity index (χ1v) is 8.09. The smallest absolute Gasteiger partial charge is 0.465 e. The molecule has 1 N–H and O–H groups in total. The van der Waals surface area contributed by atoms with Crippen LogP contribution in [0.5, 0.6) is 0 Å². The van der Waals surface area contributed by atoms with Crippen molar-refractivity contribution >= 4 is 19.2 Å². The summed E-state index contributed by atoms with van der Waals surface area (Å²) in [5, 5.41) is 3.16. The molecule has 1 aromatic carbocycles. The van der Waals surface area contributed by atoms with E-state index in [-0.39, 0.29) is 17.2 Å². The lowest BCUT2D eigenvalue weighted by atomic mass is 9.77. The molecule has 1 heterocycles. The van der Waals surface area contributed by atoms with Gasteiger partial charge in [-0.1, -0.05) is 18.2 Å². The van der Waals surface area contributed by atoms with Crippen molar-refractivity contribution in [3.05, 3.63) is 40.9 Å². The normalized spacial score (nSPS) is 19.4. The van der Waals surface area contributed by atoms with E-state index in [1.54, 1.807) is 12.1 Å². The fourth-order valence-corrected chi connectivity index (χ4v) is 2.45. The first-order chi connectivity index (χ1) is 11.2. The maximum atomic E-state index is 11.5. The van der Waals surface area contributed by atoms with Gasteiger partial charge < -0.3 is 19.4 Å². The van der Waals surface area contributed by atoms with Gasteiger partial charge in [0.2, 0.25) is 0 Å². The number of hydrogen-bond acceptors (Lipinski definition) is 5. The van der Waals surface area contributed by atoms with Gasteiger partial charge >= 0.3 is 13.1 Å². The molecule has 0 atom stereocenters. The van der Waals surface area contributed by atoms with Crippen LogP contribution in [-0.4, -0.2) is 45.0 Å². The number of benzene rings is 1. The standard InChI is InChI=1S/C18H26BNO4/c1-17(2)18(3,4)24-19(23-17)15(12-20-5)11-13-7-9-14(10-8-13)16(21)22-6/h7-11,20H,12H2,1-6H3. The maximum Gasteiger partial charge on any atom is 0.491 e. The molecule has 1 aliphatic heterocycles. The van der Waals surface area contributed by atoms with E-state index in [1.807, 2.05) is 53.0 Å². The van der Waals surface area contributed by atoms with E-state index in [2.05, 4.69) is 5.32 Å². The Labute approximate surface area is 144 Å². The van der Waals surface area contributed by atoms with Gasteiger partial charge in [0.05, 0.1) is 23.9 Å². The van der Waals surface area contributed by atoms with Gasteiger partial charge in [0.25, 0.3) is 0 Å². The molecule has 0 radical (unpaired) electrons. The van der Waals surface area contributed by atoms with E-state index in [0.29, 0.717) is 12.1 Å². The summed E-state index contributed by atoms with van der Waals surface area (Å²) < 4.78 is 17.0. The molecule has 1 aromatic rings. The Morgan fingerprint density at radius 1 is 1.17 bits per heavy atom. The van der Waals surface area contributed by atoms with Crippen LogP contribution in [0.3, 0.4) is 0 Å². The van der Waals surface area contributed by atoms with Crippen LogP contribution in [0.15, 0.2) is 29.7 Å². The van der Waals surface area contributed by atoms with E-state index in [9.17, 15) is 4.79 Å². The molecule has 5 nitrogen and oxygen atoms in total. The number of carbonyl (C=O) groups is 1. The topological polar surface area (TPSA) is 56.8 Å². The molecule has 0 amide bonds. The highest BCUT2D eigenvalue weighted by Gasteiger charge is 2.52. The summed E-state index contributed by atoms with van der Waals surface area (Å²) in [5.41, 5.74) is 1.75. The Kier molecular flexibility index (Phi) is 5.53. The van der Waals surface area contributed by atoms with Crippen LogP contribution < -0.4 is 5.32 Å². The second-order valence-electron chi connectivity index (χ2n) is 6.95. The van der Waals surface area contributed by atoms with Crippen molar-refractivity contribution in [2.45, 2.75) is 38.9 Å². The Morgan fingerprint density at radius 2 is 1.71 bits per heavy atom. The molecule has 1 fully saturated rings. The lowest BCUT2D eigenvalue weighted by Crippen LogP contribution is -2.41. The zero-order chi connectivity index (χ0) is 18.0. The minimum atomic E-state index is -0.400. The Balaban J connectivity index is 2.24. The molecule has 0 unspecified atom stereocenters. The summed E-state index contributed by atoms with van der Waals surface area (Å²) in [6.45, 7) is 8.80. The minimum Gasteiger partial charge on any atom is -0.465 e. The first-order valence-electron chi connectivity index (χ1n) is 8.09. The predicted octanol–water partition coefficient (Wildman–Crippen LogP) is 2.71. The maximum absolute atomic E-state index is 11.5. The molecular weight excluding hydrogens is 305 g/mol. The zero-order valence-electron chi connectivity index (χ0n) is 15.3. The van der Waals surface area contributed by atoms with Gasteiger partial charge in [0.1, 0.15) is 0 Å². The van der Waals surface area contributed by atoms with Crippen molar-refractivity contribution in [1.82, 2.24) is 5.32 Å². The van der Waals surface area contributed by atoms with Crippen LogP contribution in [0.25, 0.3) is 6.08 Å². The van der Waals surface area contributed by atoms with Crippen molar-refractivity contribution < 1.29 is 18.8 Å². The highest BCUT2D eigenvalue weighted by molar-refractivity contribution is 6.55. The summed E-state index contributed by atoms with van der Waals surface area (Å²) in [6, 6.07) is 7.26. The number of methoxy groups -OCH3 is 1. The average Bonchev–Trinajstić information content (AvgIpc) is 2.75. The molecule has 0 aromatic heterocycles. The predicted molar refractivity (Wildman–Crippen MR) is 95.8 cm³/mol.